The van der Waals surface area contributed by atoms with Gasteiger partial charge in [-0.15, -0.1) is 0 Å². The van der Waals surface area contributed by atoms with Crippen molar-refractivity contribution in [1.82, 2.24) is 4.98 Å². The molecule has 21 heavy (non-hydrogen) atoms. The first-order chi connectivity index (χ1) is 10.1. The van der Waals surface area contributed by atoms with E-state index in [-0.39, 0.29) is 23.4 Å². The van der Waals surface area contributed by atoms with Crippen LogP contribution in [0, 0.1) is 23.5 Å². The largest absolute Gasteiger partial charge is 0.384 e. The number of halogens is 2. The van der Waals surface area contributed by atoms with Gasteiger partial charge in [-0.3, -0.25) is 9.78 Å². The summed E-state index contributed by atoms with van der Waals surface area (Å²) in [6, 6.07) is 5.08. The maximum absolute atomic E-state index is 13.7. The summed E-state index contributed by atoms with van der Waals surface area (Å²) in [5, 5.41) is 10.9. The second-order valence-electron chi connectivity index (χ2n) is 3.96. The number of pyridine rings is 1. The Labute approximate surface area is 119 Å². The van der Waals surface area contributed by atoms with E-state index in [4.69, 9.17) is 5.11 Å². The molecule has 0 aliphatic rings. The molecule has 0 unspecified atom stereocenters. The number of rotatable bonds is 2. The zero-order valence-electron chi connectivity index (χ0n) is 10.7. The van der Waals surface area contributed by atoms with Gasteiger partial charge < -0.3 is 10.4 Å². The van der Waals surface area contributed by atoms with Crippen LogP contribution in [-0.4, -0.2) is 22.6 Å². The Morgan fingerprint density at radius 2 is 2.10 bits per heavy atom. The first kappa shape index (κ1) is 14.6. The van der Waals surface area contributed by atoms with Gasteiger partial charge in [0.1, 0.15) is 12.4 Å². The van der Waals surface area contributed by atoms with Gasteiger partial charge in [0, 0.05) is 11.9 Å². The smallest absolute Gasteiger partial charge is 0.258 e. The lowest BCUT2D eigenvalue weighted by Gasteiger charge is -2.06. The third kappa shape index (κ3) is 3.61. The fourth-order valence-electron chi connectivity index (χ4n) is 1.59. The lowest BCUT2D eigenvalue weighted by atomic mass is 10.2. The first-order valence-corrected chi connectivity index (χ1v) is 5.92. The molecule has 106 valence electrons. The van der Waals surface area contributed by atoms with Crippen molar-refractivity contribution < 1.29 is 18.7 Å². The number of nitrogens with zero attached hydrogens (tertiary/aromatic N) is 1. The predicted molar refractivity (Wildman–Crippen MR) is 72.5 cm³/mol. The lowest BCUT2D eigenvalue weighted by molar-refractivity contribution is 0.102. The van der Waals surface area contributed by atoms with E-state index >= 15 is 0 Å². The van der Waals surface area contributed by atoms with Crippen LogP contribution in [-0.2, 0) is 0 Å². The molecular formula is C15H10F2N2O2. The number of hydrogen-bond donors (Lipinski definition) is 2. The number of nitrogens with one attached hydrogen (secondary N) is 1. The van der Waals surface area contributed by atoms with Crippen molar-refractivity contribution in [2.24, 2.45) is 0 Å². The van der Waals surface area contributed by atoms with E-state index in [1.807, 2.05) is 0 Å². The Kier molecular flexibility index (Phi) is 4.59. The van der Waals surface area contributed by atoms with Crippen molar-refractivity contribution in [1.29, 1.82) is 0 Å². The molecule has 2 rings (SSSR count). The van der Waals surface area contributed by atoms with Crippen molar-refractivity contribution in [3.63, 3.8) is 0 Å². The molecule has 4 nitrogen and oxygen atoms in total. The highest BCUT2D eigenvalue weighted by atomic mass is 19.1. The minimum atomic E-state index is -0.763. The molecule has 1 amide bonds. The summed E-state index contributed by atoms with van der Waals surface area (Å²) < 4.78 is 27.1. The molecule has 0 spiro atoms. The Hall–Kier alpha value is -2.78. The molecule has 0 atom stereocenters. The molecule has 0 aliphatic carbocycles. The Morgan fingerprint density at radius 1 is 1.29 bits per heavy atom. The second kappa shape index (κ2) is 6.59. The Balaban J connectivity index is 2.19. The van der Waals surface area contributed by atoms with Crippen LogP contribution in [0.2, 0.25) is 0 Å². The fraction of sp³-hybridized carbons (Fsp3) is 0.0667. The number of aliphatic hydroxyl groups is 1. The van der Waals surface area contributed by atoms with Crippen molar-refractivity contribution in [3.8, 4) is 11.8 Å². The highest BCUT2D eigenvalue weighted by molar-refractivity contribution is 6.04. The zero-order chi connectivity index (χ0) is 15.2. The van der Waals surface area contributed by atoms with Gasteiger partial charge in [0.25, 0.3) is 5.91 Å². The highest BCUT2D eigenvalue weighted by Gasteiger charge is 2.12. The molecule has 0 bridgehead atoms. The summed E-state index contributed by atoms with van der Waals surface area (Å²) in [5.41, 5.74) is 0.0787. The van der Waals surface area contributed by atoms with E-state index in [0.717, 1.165) is 12.3 Å². The molecular weight excluding hydrogens is 278 g/mol. The molecule has 0 radical (unpaired) electrons. The van der Waals surface area contributed by atoms with Crippen molar-refractivity contribution in [2.75, 3.05) is 11.9 Å². The van der Waals surface area contributed by atoms with Gasteiger partial charge in [0.2, 0.25) is 0 Å². The van der Waals surface area contributed by atoms with Crippen molar-refractivity contribution in [3.05, 3.63) is 59.4 Å². The molecule has 0 fully saturated rings. The third-order valence-corrected chi connectivity index (χ3v) is 2.55. The van der Waals surface area contributed by atoms with Crippen LogP contribution in [0.4, 0.5) is 14.5 Å². The molecule has 2 N–H and O–H groups in total. The predicted octanol–water partition coefficient (Wildman–Crippen LogP) is 1.96. The number of anilines is 1. The summed E-state index contributed by atoms with van der Waals surface area (Å²) in [5.74, 6) is 2.63. The van der Waals surface area contributed by atoms with Crippen LogP contribution in [0.15, 0.2) is 36.7 Å². The molecule has 0 saturated heterocycles. The minimum Gasteiger partial charge on any atom is -0.384 e. The molecule has 1 aromatic heterocycles. The number of carbonyl (C=O) groups excluding carboxylic acids is 1. The third-order valence-electron chi connectivity index (χ3n) is 2.55. The van der Waals surface area contributed by atoms with Crippen LogP contribution in [0.5, 0.6) is 0 Å². The highest BCUT2D eigenvalue weighted by Crippen LogP contribution is 2.15. The monoisotopic (exact) mass is 288 g/mol. The summed E-state index contributed by atoms with van der Waals surface area (Å²) in [6.45, 7) is -0.376. The number of carbonyl (C=O) groups is 1. The van der Waals surface area contributed by atoms with Gasteiger partial charge in [-0.05, 0) is 24.3 Å². The van der Waals surface area contributed by atoms with E-state index in [0.29, 0.717) is 0 Å². The standard InChI is InChI=1S/C15H10F2N2O2/c16-13-8-11(4-3-10(13)2-1-7-20)19-15(21)12-5-6-18-9-14(12)17/h3-6,8-9,20H,7H2,(H,19,21). The van der Waals surface area contributed by atoms with Gasteiger partial charge in [-0.2, -0.15) is 0 Å². The molecule has 1 heterocycles. The molecule has 2 aromatic rings. The maximum atomic E-state index is 13.7. The molecule has 6 heteroatoms. The molecule has 0 saturated carbocycles. The Bertz CT molecular complexity index is 736. The summed E-state index contributed by atoms with van der Waals surface area (Å²) in [4.78, 5) is 15.4. The fourth-order valence-corrected chi connectivity index (χ4v) is 1.59. The van der Waals surface area contributed by atoms with E-state index in [9.17, 15) is 13.6 Å². The summed E-state index contributed by atoms with van der Waals surface area (Å²) >= 11 is 0. The van der Waals surface area contributed by atoms with Gasteiger partial charge in [-0.1, -0.05) is 11.8 Å². The summed E-state index contributed by atoms with van der Waals surface area (Å²) in [6.07, 6.45) is 2.20. The van der Waals surface area contributed by atoms with Gasteiger partial charge in [0.15, 0.2) is 5.82 Å². The van der Waals surface area contributed by atoms with E-state index in [2.05, 4.69) is 22.1 Å². The SMILES string of the molecule is O=C(Nc1ccc(C#CCO)c(F)c1)c1ccncc1F. The van der Waals surface area contributed by atoms with E-state index in [1.165, 1.54) is 24.4 Å². The molecule has 0 aliphatic heterocycles. The zero-order valence-corrected chi connectivity index (χ0v) is 10.7. The average molecular weight is 288 g/mol. The van der Waals surface area contributed by atoms with Crippen LogP contribution >= 0.6 is 0 Å². The van der Waals surface area contributed by atoms with Crippen molar-refractivity contribution in [2.45, 2.75) is 0 Å². The quantitative estimate of drug-likeness (QED) is 0.830. The van der Waals surface area contributed by atoms with Gasteiger partial charge in [-0.25, -0.2) is 8.78 Å². The second-order valence-corrected chi connectivity index (χ2v) is 3.96. The van der Waals surface area contributed by atoms with Crippen LogP contribution in [0.25, 0.3) is 0 Å². The summed E-state index contributed by atoms with van der Waals surface area (Å²) in [7, 11) is 0. The molecule has 1 aromatic carbocycles. The minimum absolute atomic E-state index is 0.0946. The topological polar surface area (TPSA) is 62.2 Å². The van der Waals surface area contributed by atoms with Gasteiger partial charge in [0.05, 0.1) is 17.3 Å². The lowest BCUT2D eigenvalue weighted by Crippen LogP contribution is -2.14. The number of benzene rings is 1. The number of amides is 1. The average Bonchev–Trinajstić information content (AvgIpc) is 2.47. The number of aromatic nitrogens is 1. The number of hydrogen-bond acceptors (Lipinski definition) is 3. The van der Waals surface area contributed by atoms with Crippen LogP contribution in [0.3, 0.4) is 0 Å². The van der Waals surface area contributed by atoms with Crippen LogP contribution < -0.4 is 5.32 Å². The maximum Gasteiger partial charge on any atom is 0.258 e. The normalized spacial score (nSPS) is 9.67. The van der Waals surface area contributed by atoms with Gasteiger partial charge >= 0.3 is 0 Å². The van der Waals surface area contributed by atoms with E-state index in [1.54, 1.807) is 0 Å². The van der Waals surface area contributed by atoms with Crippen LogP contribution in [0.1, 0.15) is 15.9 Å². The Morgan fingerprint density at radius 3 is 2.76 bits per heavy atom. The van der Waals surface area contributed by atoms with E-state index < -0.39 is 17.5 Å². The first-order valence-electron chi connectivity index (χ1n) is 5.92. The van der Waals surface area contributed by atoms with Crippen molar-refractivity contribution >= 4 is 11.6 Å². The number of aliphatic hydroxyl groups excluding tert-OH is 1.